The number of carbonyl (C=O) groups is 2. The minimum atomic E-state index is -0.419. The quantitative estimate of drug-likeness (QED) is 0.930. The van der Waals surface area contributed by atoms with Crippen LogP contribution in [0.15, 0.2) is 24.3 Å². The van der Waals surface area contributed by atoms with Crippen LogP contribution in [0.2, 0.25) is 0 Å². The van der Waals surface area contributed by atoms with Gasteiger partial charge in [0.05, 0.1) is 12.7 Å². The number of hydrogen-bond acceptors (Lipinski definition) is 5. The van der Waals surface area contributed by atoms with Crippen LogP contribution < -0.4 is 10.1 Å². The second-order valence-corrected chi connectivity index (χ2v) is 5.03. The third kappa shape index (κ3) is 2.90. The molecule has 1 aromatic heterocycles. The van der Waals surface area contributed by atoms with Crippen LogP contribution >= 0.6 is 0 Å². The number of methoxy groups -OCH3 is 1. The number of benzene rings is 1. The molecule has 0 saturated carbocycles. The molecule has 7 nitrogen and oxygen atoms in total. The highest BCUT2D eigenvalue weighted by Crippen LogP contribution is 2.31. The first-order valence-corrected chi connectivity index (χ1v) is 7.08. The Morgan fingerprint density at radius 1 is 1.30 bits per heavy atom. The Kier molecular flexibility index (Phi) is 4.68. The summed E-state index contributed by atoms with van der Waals surface area (Å²) in [5, 5.41) is 2.91. The molecule has 0 fully saturated rings. The van der Waals surface area contributed by atoms with Crippen molar-refractivity contribution >= 4 is 17.6 Å². The molecule has 0 radical (unpaired) electrons. The first-order valence-electron chi connectivity index (χ1n) is 7.08. The van der Waals surface area contributed by atoms with Crippen LogP contribution in [0.25, 0.3) is 11.4 Å². The fourth-order valence-electron chi connectivity index (χ4n) is 2.29. The Balaban J connectivity index is 2.62. The second-order valence-electron chi connectivity index (χ2n) is 5.03. The number of ether oxygens (including phenoxy) is 1. The van der Waals surface area contributed by atoms with E-state index in [9.17, 15) is 9.59 Å². The van der Waals surface area contributed by atoms with Gasteiger partial charge in [-0.3, -0.25) is 14.5 Å². The Bertz CT molecular complexity index is 752. The van der Waals surface area contributed by atoms with Crippen molar-refractivity contribution in [2.45, 2.75) is 6.92 Å². The molecule has 1 aromatic carbocycles. The lowest BCUT2D eigenvalue weighted by Gasteiger charge is -2.14. The highest BCUT2D eigenvalue weighted by molar-refractivity contribution is 6.06. The minimum absolute atomic E-state index is 0.311. The van der Waals surface area contributed by atoms with E-state index in [1.54, 1.807) is 25.8 Å². The topological polar surface area (TPSA) is 76.5 Å². The maximum Gasteiger partial charge on any atom is 0.280 e. The van der Waals surface area contributed by atoms with Gasteiger partial charge >= 0.3 is 0 Å². The van der Waals surface area contributed by atoms with Crippen LogP contribution in [0.5, 0.6) is 5.75 Å². The number of carbonyl (C=O) groups excluding carboxylic acids is 2. The fraction of sp³-hybridized carbons (Fsp3) is 0.312. The van der Waals surface area contributed by atoms with Gasteiger partial charge in [-0.25, -0.2) is 4.98 Å². The summed E-state index contributed by atoms with van der Waals surface area (Å²) in [5.41, 5.74) is 1.07. The lowest BCUT2D eigenvalue weighted by Crippen LogP contribution is -2.32. The van der Waals surface area contributed by atoms with E-state index in [4.69, 9.17) is 4.74 Å². The number of imide groups is 1. The number of nitrogens with zero attached hydrogens (tertiary/aromatic N) is 3. The fourth-order valence-corrected chi connectivity index (χ4v) is 2.29. The van der Waals surface area contributed by atoms with Crippen molar-refractivity contribution in [2.24, 2.45) is 7.05 Å². The zero-order chi connectivity index (χ0) is 17.1. The molecule has 0 aliphatic heterocycles. The number of nitrogens with one attached hydrogen (secondary N) is 1. The third-order valence-electron chi connectivity index (χ3n) is 3.66. The number of amides is 2. The first kappa shape index (κ1) is 16.5. The number of hydrogen-bond donors (Lipinski definition) is 1. The molecule has 0 aliphatic carbocycles. The molecule has 1 N–H and O–H groups in total. The largest absolute Gasteiger partial charge is 0.496 e. The predicted octanol–water partition coefficient (Wildman–Crippen LogP) is 1.76. The summed E-state index contributed by atoms with van der Waals surface area (Å²) in [4.78, 5) is 29.6. The average Bonchev–Trinajstić information content (AvgIpc) is 2.89. The SMILES string of the molecule is CNc1nc(-c2ccccc2OC)n(C)c1C(=O)N(C)C(C)=O. The van der Waals surface area contributed by atoms with E-state index in [1.165, 1.54) is 14.0 Å². The molecule has 0 aliphatic rings. The molecule has 2 amide bonds. The highest BCUT2D eigenvalue weighted by Gasteiger charge is 2.26. The van der Waals surface area contributed by atoms with Crippen LogP contribution in [-0.4, -0.2) is 47.5 Å². The second kappa shape index (κ2) is 6.51. The number of anilines is 1. The summed E-state index contributed by atoms with van der Waals surface area (Å²) in [6.45, 7) is 1.34. The molecule has 0 saturated heterocycles. The van der Waals surface area contributed by atoms with Gasteiger partial charge in [0.15, 0.2) is 11.5 Å². The van der Waals surface area contributed by atoms with Gasteiger partial charge in [-0.1, -0.05) is 12.1 Å². The van der Waals surface area contributed by atoms with Gasteiger partial charge in [0, 0.05) is 28.1 Å². The van der Waals surface area contributed by atoms with Crippen LogP contribution in [0.1, 0.15) is 17.4 Å². The first-order chi connectivity index (χ1) is 10.9. The lowest BCUT2D eigenvalue weighted by atomic mass is 10.2. The van der Waals surface area contributed by atoms with Crippen molar-refractivity contribution in [3.8, 4) is 17.1 Å². The van der Waals surface area contributed by atoms with Gasteiger partial charge in [0.2, 0.25) is 5.91 Å². The standard InChI is InChI=1S/C16H20N4O3/c1-10(21)19(3)16(22)13-14(17-2)18-15(20(13)4)11-8-6-7-9-12(11)23-5/h6-9,17H,1-5H3. The Morgan fingerprint density at radius 2 is 1.96 bits per heavy atom. The molecular weight excluding hydrogens is 296 g/mol. The Labute approximate surface area is 134 Å². The van der Waals surface area contributed by atoms with Crippen molar-refractivity contribution in [1.29, 1.82) is 0 Å². The third-order valence-corrected chi connectivity index (χ3v) is 3.66. The van der Waals surface area contributed by atoms with Gasteiger partial charge in [-0.2, -0.15) is 0 Å². The molecule has 0 bridgehead atoms. The van der Waals surface area contributed by atoms with Gasteiger partial charge in [-0.15, -0.1) is 0 Å². The lowest BCUT2D eigenvalue weighted by molar-refractivity contribution is -0.125. The number of imidazole rings is 1. The summed E-state index contributed by atoms with van der Waals surface area (Å²) < 4.78 is 7.02. The van der Waals surface area contributed by atoms with E-state index < -0.39 is 5.91 Å². The Morgan fingerprint density at radius 3 is 2.52 bits per heavy atom. The zero-order valence-corrected chi connectivity index (χ0v) is 13.9. The molecule has 2 aromatic rings. The number of rotatable bonds is 4. The summed E-state index contributed by atoms with van der Waals surface area (Å²) in [6, 6.07) is 7.42. The van der Waals surface area contributed by atoms with E-state index in [0.29, 0.717) is 23.1 Å². The molecule has 2 rings (SSSR count). The summed E-state index contributed by atoms with van der Waals surface area (Å²) in [7, 11) is 6.44. The van der Waals surface area contributed by atoms with Gasteiger partial charge in [-0.05, 0) is 12.1 Å². The monoisotopic (exact) mass is 316 g/mol. The molecule has 7 heteroatoms. The molecule has 122 valence electrons. The number of aromatic nitrogens is 2. The highest BCUT2D eigenvalue weighted by atomic mass is 16.5. The van der Waals surface area contributed by atoms with Crippen LogP contribution in [-0.2, 0) is 11.8 Å². The molecular formula is C16H20N4O3. The molecule has 0 spiro atoms. The van der Waals surface area contributed by atoms with E-state index in [1.807, 2.05) is 24.3 Å². The smallest absolute Gasteiger partial charge is 0.280 e. The molecule has 23 heavy (non-hydrogen) atoms. The van der Waals surface area contributed by atoms with Gasteiger partial charge < -0.3 is 14.6 Å². The van der Waals surface area contributed by atoms with Crippen molar-refractivity contribution in [3.63, 3.8) is 0 Å². The van der Waals surface area contributed by atoms with Crippen molar-refractivity contribution in [3.05, 3.63) is 30.0 Å². The molecule has 1 heterocycles. The number of para-hydroxylation sites is 1. The van der Waals surface area contributed by atoms with Crippen LogP contribution in [0.3, 0.4) is 0 Å². The van der Waals surface area contributed by atoms with Crippen LogP contribution in [0, 0.1) is 0 Å². The molecule has 0 unspecified atom stereocenters. The van der Waals surface area contributed by atoms with Crippen molar-refractivity contribution < 1.29 is 14.3 Å². The maximum absolute atomic E-state index is 12.6. The normalized spacial score (nSPS) is 10.3. The van der Waals surface area contributed by atoms with E-state index in [-0.39, 0.29) is 5.91 Å². The maximum atomic E-state index is 12.6. The van der Waals surface area contributed by atoms with Gasteiger partial charge in [0.1, 0.15) is 11.6 Å². The van der Waals surface area contributed by atoms with Crippen molar-refractivity contribution in [1.82, 2.24) is 14.5 Å². The van der Waals surface area contributed by atoms with E-state index in [0.717, 1.165) is 10.5 Å². The average molecular weight is 316 g/mol. The summed E-state index contributed by atoms with van der Waals surface area (Å²) in [6.07, 6.45) is 0. The Hall–Kier alpha value is -2.83. The van der Waals surface area contributed by atoms with Crippen molar-refractivity contribution in [2.75, 3.05) is 26.5 Å². The minimum Gasteiger partial charge on any atom is -0.496 e. The zero-order valence-electron chi connectivity index (χ0n) is 13.9. The van der Waals surface area contributed by atoms with E-state index in [2.05, 4.69) is 10.3 Å². The summed E-state index contributed by atoms with van der Waals surface area (Å²) >= 11 is 0. The summed E-state index contributed by atoms with van der Waals surface area (Å²) in [5.74, 6) is 0.885. The van der Waals surface area contributed by atoms with Crippen LogP contribution in [0.4, 0.5) is 5.82 Å². The molecule has 0 atom stereocenters. The van der Waals surface area contributed by atoms with Gasteiger partial charge in [0.25, 0.3) is 5.91 Å². The predicted molar refractivity (Wildman–Crippen MR) is 87.5 cm³/mol. The van der Waals surface area contributed by atoms with E-state index >= 15 is 0 Å².